The Kier molecular flexibility index (Phi) is 2.78. The van der Waals surface area contributed by atoms with Crippen molar-refractivity contribution >= 4 is 27.4 Å². The second-order valence-electron chi connectivity index (χ2n) is 4.13. The molecule has 0 amide bonds. The van der Waals surface area contributed by atoms with Crippen LogP contribution in [0.1, 0.15) is 5.56 Å². The van der Waals surface area contributed by atoms with Gasteiger partial charge in [0.2, 0.25) is 0 Å². The lowest BCUT2D eigenvalue weighted by atomic mass is 10.2. The van der Waals surface area contributed by atoms with Crippen molar-refractivity contribution in [3.63, 3.8) is 0 Å². The molecule has 0 unspecified atom stereocenters. The van der Waals surface area contributed by atoms with Crippen LogP contribution in [-0.2, 0) is 6.42 Å². The van der Waals surface area contributed by atoms with Gasteiger partial charge in [-0.1, -0.05) is 6.07 Å². The fourth-order valence-electron chi connectivity index (χ4n) is 2.18. The summed E-state index contributed by atoms with van der Waals surface area (Å²) in [6.07, 6.45) is 2.31. The Morgan fingerprint density at radius 3 is 2.83 bits per heavy atom. The molecular formula is C13H9BrF2N2. The first-order chi connectivity index (χ1) is 8.65. The number of benzene rings is 1. The lowest BCUT2D eigenvalue weighted by Crippen LogP contribution is -2.16. The van der Waals surface area contributed by atoms with E-state index in [0.29, 0.717) is 16.7 Å². The van der Waals surface area contributed by atoms with E-state index in [0.717, 1.165) is 12.0 Å². The fourth-order valence-corrected chi connectivity index (χ4v) is 2.48. The van der Waals surface area contributed by atoms with Gasteiger partial charge in [-0.05, 0) is 46.1 Å². The summed E-state index contributed by atoms with van der Waals surface area (Å²) in [6, 6.07) is 5.94. The van der Waals surface area contributed by atoms with Gasteiger partial charge in [-0.3, -0.25) is 0 Å². The van der Waals surface area contributed by atoms with Gasteiger partial charge in [-0.15, -0.1) is 0 Å². The highest BCUT2D eigenvalue weighted by Crippen LogP contribution is 2.35. The summed E-state index contributed by atoms with van der Waals surface area (Å²) in [6.45, 7) is 0.615. The molecule has 0 bridgehead atoms. The summed E-state index contributed by atoms with van der Waals surface area (Å²) in [5.41, 5.74) is 1.71. The van der Waals surface area contributed by atoms with E-state index in [4.69, 9.17) is 0 Å². The molecule has 1 aromatic carbocycles. The average Bonchev–Trinajstić information content (AvgIpc) is 2.72. The van der Waals surface area contributed by atoms with E-state index in [1.165, 1.54) is 24.4 Å². The molecule has 3 rings (SSSR count). The van der Waals surface area contributed by atoms with Crippen LogP contribution in [0.3, 0.4) is 0 Å². The van der Waals surface area contributed by atoms with Crippen LogP contribution in [-0.4, -0.2) is 11.5 Å². The Balaban J connectivity index is 2.08. The second kappa shape index (κ2) is 4.31. The van der Waals surface area contributed by atoms with Crippen LogP contribution in [0.5, 0.6) is 0 Å². The normalized spacial score (nSPS) is 13.8. The summed E-state index contributed by atoms with van der Waals surface area (Å²) < 4.78 is 27.7. The highest BCUT2D eigenvalue weighted by molar-refractivity contribution is 9.10. The van der Waals surface area contributed by atoms with Crippen LogP contribution in [0.2, 0.25) is 0 Å². The molecule has 0 saturated carbocycles. The van der Waals surface area contributed by atoms with Crippen molar-refractivity contribution in [2.24, 2.45) is 0 Å². The van der Waals surface area contributed by atoms with Crippen LogP contribution < -0.4 is 4.90 Å². The average molecular weight is 311 g/mol. The molecular weight excluding hydrogens is 302 g/mol. The van der Waals surface area contributed by atoms with Crippen molar-refractivity contribution in [3.05, 3.63) is 52.1 Å². The smallest absolute Gasteiger partial charge is 0.169 e. The van der Waals surface area contributed by atoms with Gasteiger partial charge in [0.05, 0.1) is 0 Å². The predicted octanol–water partition coefficient (Wildman–Crippen LogP) is 3.82. The molecule has 2 aromatic rings. The third-order valence-electron chi connectivity index (χ3n) is 2.99. The van der Waals surface area contributed by atoms with E-state index in [1.807, 2.05) is 0 Å². The number of hydrogen-bond donors (Lipinski definition) is 0. The first-order valence-corrected chi connectivity index (χ1v) is 6.31. The van der Waals surface area contributed by atoms with E-state index >= 15 is 0 Å². The third kappa shape index (κ3) is 1.88. The van der Waals surface area contributed by atoms with Gasteiger partial charge in [0, 0.05) is 22.9 Å². The van der Waals surface area contributed by atoms with Gasteiger partial charge in [0.25, 0.3) is 0 Å². The molecule has 5 heteroatoms. The number of nitrogens with zero attached hydrogens (tertiary/aromatic N) is 2. The minimum atomic E-state index is -0.415. The van der Waals surface area contributed by atoms with E-state index in [2.05, 4.69) is 20.9 Å². The van der Waals surface area contributed by atoms with Crippen molar-refractivity contribution in [1.29, 1.82) is 0 Å². The summed E-state index contributed by atoms with van der Waals surface area (Å²) in [7, 11) is 0. The number of anilines is 2. The highest BCUT2D eigenvalue weighted by Gasteiger charge is 2.24. The van der Waals surface area contributed by atoms with E-state index in [-0.39, 0.29) is 11.6 Å². The molecule has 0 saturated heterocycles. The number of hydrogen-bond acceptors (Lipinski definition) is 2. The molecule has 0 fully saturated rings. The number of fused-ring (bicyclic) bond motifs is 1. The lowest BCUT2D eigenvalue weighted by Gasteiger charge is -2.18. The van der Waals surface area contributed by atoms with Gasteiger partial charge in [0.15, 0.2) is 11.6 Å². The van der Waals surface area contributed by atoms with Crippen LogP contribution in [0.15, 0.2) is 34.9 Å². The second-order valence-corrected chi connectivity index (χ2v) is 5.05. The first-order valence-electron chi connectivity index (χ1n) is 5.52. The quantitative estimate of drug-likeness (QED) is 0.796. The summed E-state index contributed by atoms with van der Waals surface area (Å²) in [5, 5.41) is 0. The maximum Gasteiger partial charge on any atom is 0.169 e. The number of halogens is 3. The zero-order chi connectivity index (χ0) is 12.7. The van der Waals surface area contributed by atoms with Crippen molar-refractivity contribution in [3.8, 4) is 0 Å². The molecule has 0 radical (unpaired) electrons. The Hall–Kier alpha value is -1.49. The molecule has 0 spiro atoms. The molecule has 1 aliphatic rings. The Bertz CT molecular complexity index is 616. The molecule has 0 N–H and O–H groups in total. The van der Waals surface area contributed by atoms with E-state index in [1.54, 1.807) is 11.0 Å². The zero-order valence-corrected chi connectivity index (χ0v) is 10.9. The van der Waals surface area contributed by atoms with Crippen molar-refractivity contribution < 1.29 is 8.78 Å². The first kappa shape index (κ1) is 11.6. The van der Waals surface area contributed by atoms with Crippen LogP contribution in [0, 0.1) is 11.6 Å². The molecule has 0 atom stereocenters. The van der Waals surface area contributed by atoms with Gasteiger partial charge < -0.3 is 4.90 Å². The van der Waals surface area contributed by atoms with E-state index in [9.17, 15) is 8.78 Å². The minimum absolute atomic E-state index is 0.238. The van der Waals surface area contributed by atoms with Crippen LogP contribution in [0.4, 0.5) is 20.3 Å². The standard InChI is InChI=1S/C13H9BrF2N2/c14-9-5-11(16)13(17-7-9)18-4-3-8-1-2-10(15)6-12(8)18/h1-2,5-7H,3-4H2. The molecule has 2 nitrogen and oxygen atoms in total. The molecule has 18 heavy (non-hydrogen) atoms. The summed E-state index contributed by atoms with van der Waals surface area (Å²) in [4.78, 5) is 5.78. The maximum absolute atomic E-state index is 13.9. The Morgan fingerprint density at radius 1 is 1.22 bits per heavy atom. The van der Waals surface area contributed by atoms with Crippen LogP contribution >= 0.6 is 15.9 Å². The van der Waals surface area contributed by atoms with Gasteiger partial charge in [-0.25, -0.2) is 13.8 Å². The van der Waals surface area contributed by atoms with Gasteiger partial charge in [-0.2, -0.15) is 0 Å². The Morgan fingerprint density at radius 2 is 2.06 bits per heavy atom. The van der Waals surface area contributed by atoms with Crippen LogP contribution in [0.25, 0.3) is 0 Å². The minimum Gasteiger partial charge on any atom is -0.323 e. The monoisotopic (exact) mass is 310 g/mol. The number of pyridine rings is 1. The summed E-state index contributed by atoms with van der Waals surface area (Å²) >= 11 is 3.17. The van der Waals surface area contributed by atoms with Gasteiger partial charge >= 0.3 is 0 Å². The highest BCUT2D eigenvalue weighted by atomic mass is 79.9. The Labute approximate surface area is 111 Å². The molecule has 1 aliphatic heterocycles. The fraction of sp³-hybridized carbons (Fsp3) is 0.154. The molecule has 1 aromatic heterocycles. The zero-order valence-electron chi connectivity index (χ0n) is 9.33. The maximum atomic E-state index is 13.9. The molecule has 2 heterocycles. The molecule has 0 aliphatic carbocycles. The SMILES string of the molecule is Fc1ccc2c(c1)N(c1ncc(Br)cc1F)CC2. The number of rotatable bonds is 1. The van der Waals surface area contributed by atoms with Crippen molar-refractivity contribution in [2.75, 3.05) is 11.4 Å². The summed E-state index contributed by atoms with van der Waals surface area (Å²) in [5.74, 6) is -0.498. The third-order valence-corrected chi connectivity index (χ3v) is 3.42. The lowest BCUT2D eigenvalue weighted by molar-refractivity contribution is 0.616. The van der Waals surface area contributed by atoms with Crippen molar-refractivity contribution in [1.82, 2.24) is 4.98 Å². The topological polar surface area (TPSA) is 16.1 Å². The predicted molar refractivity (Wildman–Crippen MR) is 69.0 cm³/mol. The van der Waals surface area contributed by atoms with Gasteiger partial charge in [0.1, 0.15) is 5.82 Å². The number of aromatic nitrogens is 1. The van der Waals surface area contributed by atoms with Crippen molar-refractivity contribution in [2.45, 2.75) is 6.42 Å². The van der Waals surface area contributed by atoms with E-state index < -0.39 is 5.82 Å². The molecule has 92 valence electrons. The largest absolute Gasteiger partial charge is 0.323 e.